The second kappa shape index (κ2) is 4.45. The monoisotopic (exact) mass is 310 g/mol. The molecule has 1 unspecified atom stereocenters. The molecule has 3 rings (SSSR count). The summed E-state index contributed by atoms with van der Waals surface area (Å²) < 4.78 is 30.3. The molecule has 2 aliphatic heterocycles. The van der Waals surface area contributed by atoms with Gasteiger partial charge in [0.25, 0.3) is 11.7 Å². The molecular weight excluding hydrogens is 296 g/mol. The molecule has 0 aromatic carbocycles. The lowest BCUT2D eigenvalue weighted by Gasteiger charge is -2.25. The van der Waals surface area contributed by atoms with Crippen molar-refractivity contribution in [1.82, 2.24) is 9.29 Å². The van der Waals surface area contributed by atoms with Crippen molar-refractivity contribution < 1.29 is 23.1 Å². The molecule has 1 aromatic heterocycles. The zero-order chi connectivity index (χ0) is 15.3. The summed E-state index contributed by atoms with van der Waals surface area (Å²) in [6.45, 7) is 1.65. The molecule has 1 N–H and O–H groups in total. The van der Waals surface area contributed by atoms with Crippen molar-refractivity contribution in [3.05, 3.63) is 41.7 Å². The number of ketones is 1. The van der Waals surface area contributed by atoms with Crippen LogP contribution >= 0.6 is 0 Å². The number of sulfonamides is 1. The largest absolute Gasteiger partial charge is 0.501 e. The molecule has 21 heavy (non-hydrogen) atoms. The number of hydrogen-bond donors (Lipinski definition) is 1. The molecule has 2 aliphatic rings. The zero-order valence-corrected chi connectivity index (χ0v) is 12.1. The van der Waals surface area contributed by atoms with E-state index in [4.69, 9.17) is 4.74 Å². The summed E-state index contributed by atoms with van der Waals surface area (Å²) in [5, 5.41) is 10.0. The quantitative estimate of drug-likeness (QED) is 0.862. The standard InChI is InChI=1S/C13H14N2O5S/c1-13(9-5-2-3-6-14-9)11(17)10(16)12(20-13)15-7-4-8-21(15,18)19/h2-3,5-6,16H,4,7-8H2,1H3. The van der Waals surface area contributed by atoms with E-state index in [1.807, 2.05) is 0 Å². The highest BCUT2D eigenvalue weighted by molar-refractivity contribution is 7.89. The maximum Gasteiger partial charge on any atom is 0.252 e. The fourth-order valence-corrected chi connectivity index (χ4v) is 3.96. The van der Waals surface area contributed by atoms with Gasteiger partial charge in [-0.3, -0.25) is 9.78 Å². The van der Waals surface area contributed by atoms with Crippen LogP contribution in [0, 0.1) is 0 Å². The molecule has 1 aromatic rings. The summed E-state index contributed by atoms with van der Waals surface area (Å²) in [4.78, 5) is 16.4. The Balaban J connectivity index is 2.02. The SMILES string of the molecule is CC1(c2ccccn2)OC(N2CCCS2(=O)=O)=C(O)C1=O. The highest BCUT2D eigenvalue weighted by atomic mass is 32.2. The zero-order valence-electron chi connectivity index (χ0n) is 11.3. The number of aromatic nitrogens is 1. The molecule has 1 saturated heterocycles. The van der Waals surface area contributed by atoms with Gasteiger partial charge < -0.3 is 9.84 Å². The Morgan fingerprint density at radius 3 is 2.76 bits per heavy atom. The highest BCUT2D eigenvalue weighted by Crippen LogP contribution is 2.39. The van der Waals surface area contributed by atoms with Gasteiger partial charge in [0.05, 0.1) is 11.4 Å². The second-order valence-electron chi connectivity index (χ2n) is 5.07. The van der Waals surface area contributed by atoms with Crippen molar-refractivity contribution in [1.29, 1.82) is 0 Å². The maximum atomic E-state index is 12.3. The van der Waals surface area contributed by atoms with Gasteiger partial charge in [-0.1, -0.05) is 6.07 Å². The number of ether oxygens (including phenoxy) is 1. The predicted octanol–water partition coefficient (Wildman–Crippen LogP) is 0.659. The number of carbonyl (C=O) groups excluding carboxylic acids is 1. The third kappa shape index (κ3) is 1.98. The molecule has 3 heterocycles. The number of pyridine rings is 1. The van der Waals surface area contributed by atoms with Crippen LogP contribution < -0.4 is 0 Å². The maximum absolute atomic E-state index is 12.3. The van der Waals surface area contributed by atoms with Crippen LogP contribution in [0.5, 0.6) is 0 Å². The van der Waals surface area contributed by atoms with Gasteiger partial charge in [-0.25, -0.2) is 12.7 Å². The molecular formula is C13H14N2O5S. The molecule has 1 fully saturated rings. The number of carbonyl (C=O) groups is 1. The lowest BCUT2D eigenvalue weighted by molar-refractivity contribution is -0.132. The Kier molecular flexibility index (Phi) is 2.94. The number of hydrogen-bond acceptors (Lipinski definition) is 6. The Bertz CT molecular complexity index is 728. The second-order valence-corrected chi connectivity index (χ2v) is 7.09. The van der Waals surface area contributed by atoms with Crippen molar-refractivity contribution in [2.24, 2.45) is 0 Å². The average Bonchev–Trinajstić information content (AvgIpc) is 2.93. The topological polar surface area (TPSA) is 96.8 Å². The molecule has 0 aliphatic carbocycles. The van der Waals surface area contributed by atoms with Gasteiger partial charge in [-0.15, -0.1) is 0 Å². The molecule has 0 bridgehead atoms. The van der Waals surface area contributed by atoms with E-state index in [9.17, 15) is 18.3 Å². The van der Waals surface area contributed by atoms with Crippen LogP contribution in [0.1, 0.15) is 19.0 Å². The minimum atomic E-state index is -3.54. The van der Waals surface area contributed by atoms with E-state index >= 15 is 0 Å². The Labute approximate surface area is 121 Å². The van der Waals surface area contributed by atoms with Gasteiger partial charge in [0.15, 0.2) is 0 Å². The van der Waals surface area contributed by atoms with Crippen molar-refractivity contribution in [3.8, 4) is 0 Å². The van der Waals surface area contributed by atoms with Crippen LogP contribution in [0.15, 0.2) is 36.0 Å². The molecule has 0 spiro atoms. The van der Waals surface area contributed by atoms with Gasteiger partial charge >= 0.3 is 0 Å². The number of rotatable bonds is 2. The number of aliphatic hydroxyl groups is 1. The molecule has 0 amide bonds. The molecule has 8 heteroatoms. The van der Waals surface area contributed by atoms with Crippen LogP contribution in [0.3, 0.4) is 0 Å². The molecule has 0 saturated carbocycles. The Morgan fingerprint density at radius 1 is 1.43 bits per heavy atom. The van der Waals surface area contributed by atoms with E-state index in [1.165, 1.54) is 13.1 Å². The molecule has 1 atom stereocenters. The van der Waals surface area contributed by atoms with Gasteiger partial charge in [-0.05, 0) is 25.5 Å². The normalized spacial score (nSPS) is 28.0. The average molecular weight is 310 g/mol. The Morgan fingerprint density at radius 2 is 2.19 bits per heavy atom. The fourth-order valence-electron chi connectivity index (χ4n) is 2.46. The van der Waals surface area contributed by atoms with Crippen molar-refractivity contribution in [3.63, 3.8) is 0 Å². The van der Waals surface area contributed by atoms with Crippen LogP contribution in [-0.4, -0.2) is 40.9 Å². The third-order valence-corrected chi connectivity index (χ3v) is 5.46. The van der Waals surface area contributed by atoms with Gasteiger partial charge in [0.1, 0.15) is 0 Å². The van der Waals surface area contributed by atoms with Crippen LogP contribution in [0.2, 0.25) is 0 Å². The number of nitrogens with zero attached hydrogens (tertiary/aromatic N) is 2. The van der Waals surface area contributed by atoms with Crippen molar-refractivity contribution >= 4 is 15.8 Å². The lowest BCUT2D eigenvalue weighted by Crippen LogP contribution is -2.33. The van der Waals surface area contributed by atoms with E-state index in [2.05, 4.69) is 4.98 Å². The summed E-state index contributed by atoms with van der Waals surface area (Å²) >= 11 is 0. The molecule has 0 radical (unpaired) electrons. The van der Waals surface area contributed by atoms with E-state index in [0.717, 1.165) is 4.31 Å². The van der Waals surface area contributed by atoms with Crippen LogP contribution in [0.4, 0.5) is 0 Å². The lowest BCUT2D eigenvalue weighted by atomic mass is 9.96. The fraction of sp³-hybridized carbons (Fsp3) is 0.385. The first-order valence-electron chi connectivity index (χ1n) is 6.45. The number of aliphatic hydroxyl groups excluding tert-OH is 1. The van der Waals surface area contributed by atoms with E-state index < -0.39 is 27.2 Å². The first kappa shape index (κ1) is 13.9. The summed E-state index contributed by atoms with van der Waals surface area (Å²) in [6, 6.07) is 4.96. The van der Waals surface area contributed by atoms with Gasteiger partial charge in [0.2, 0.25) is 21.4 Å². The van der Waals surface area contributed by atoms with Gasteiger partial charge in [0, 0.05) is 12.7 Å². The van der Waals surface area contributed by atoms with Crippen molar-refractivity contribution in [2.75, 3.05) is 12.3 Å². The van der Waals surface area contributed by atoms with E-state index in [1.54, 1.807) is 18.2 Å². The van der Waals surface area contributed by atoms with Crippen LogP contribution in [-0.2, 0) is 25.2 Å². The van der Waals surface area contributed by atoms with Gasteiger partial charge in [-0.2, -0.15) is 0 Å². The summed E-state index contributed by atoms with van der Waals surface area (Å²) in [5.41, 5.74) is -1.20. The minimum Gasteiger partial charge on any atom is -0.501 e. The first-order valence-corrected chi connectivity index (χ1v) is 8.06. The number of Topliss-reactive ketones (excluding diaryl/α,β-unsaturated/α-hetero) is 1. The van der Waals surface area contributed by atoms with Crippen molar-refractivity contribution in [2.45, 2.75) is 18.9 Å². The molecule has 112 valence electrons. The third-order valence-electron chi connectivity index (χ3n) is 3.63. The smallest absolute Gasteiger partial charge is 0.252 e. The first-order chi connectivity index (χ1) is 9.86. The van der Waals surface area contributed by atoms with E-state index in [0.29, 0.717) is 12.1 Å². The molecule has 7 nitrogen and oxygen atoms in total. The highest BCUT2D eigenvalue weighted by Gasteiger charge is 2.52. The Hall–Kier alpha value is -2.09. The summed E-state index contributed by atoms with van der Waals surface area (Å²) in [7, 11) is -3.54. The predicted molar refractivity (Wildman–Crippen MR) is 72.4 cm³/mol. The summed E-state index contributed by atoms with van der Waals surface area (Å²) in [5.74, 6) is -1.70. The van der Waals surface area contributed by atoms with E-state index in [-0.39, 0.29) is 18.2 Å². The minimum absolute atomic E-state index is 0.0262. The van der Waals surface area contributed by atoms with Crippen LogP contribution in [0.25, 0.3) is 0 Å². The summed E-state index contributed by atoms with van der Waals surface area (Å²) in [6.07, 6.45) is 1.93.